The highest BCUT2D eigenvalue weighted by molar-refractivity contribution is 6.15. The smallest absolute Gasteiger partial charge is 0.339 e. The van der Waals surface area contributed by atoms with Crippen molar-refractivity contribution in [1.82, 2.24) is 0 Å². The highest BCUT2D eigenvalue weighted by Crippen LogP contribution is 2.40. The number of fused-ring (bicyclic) bond motifs is 1. The Labute approximate surface area is 173 Å². The standard InChI is InChI=1S/C22H21NO7/c1-5-30-18-12-15-14(11-17(18)27-2)10-16(21(24)28-3)20(22(25)29-4)19(15)13-6-8-23(26)9-7-13/h6-12H,5H2,1-4H3. The van der Waals surface area contributed by atoms with Gasteiger partial charge in [0.1, 0.15) is 0 Å². The average molecular weight is 411 g/mol. The summed E-state index contributed by atoms with van der Waals surface area (Å²) in [6, 6.07) is 8.11. The lowest BCUT2D eigenvalue weighted by molar-refractivity contribution is -0.605. The van der Waals surface area contributed by atoms with E-state index in [2.05, 4.69) is 0 Å². The lowest BCUT2D eigenvalue weighted by Gasteiger charge is -2.18. The summed E-state index contributed by atoms with van der Waals surface area (Å²) in [5, 5.41) is 12.8. The van der Waals surface area contributed by atoms with Crippen molar-refractivity contribution in [2.75, 3.05) is 27.9 Å². The van der Waals surface area contributed by atoms with Crippen LogP contribution in [0.5, 0.6) is 11.5 Å². The Kier molecular flexibility index (Phi) is 6.06. The fourth-order valence-corrected chi connectivity index (χ4v) is 3.30. The van der Waals surface area contributed by atoms with E-state index in [1.165, 1.54) is 33.7 Å². The molecule has 0 unspecified atom stereocenters. The number of carbonyl (C=O) groups excluding carboxylic acids is 2. The van der Waals surface area contributed by atoms with Gasteiger partial charge in [-0.15, -0.1) is 0 Å². The van der Waals surface area contributed by atoms with Crippen LogP contribution in [0.4, 0.5) is 0 Å². The summed E-state index contributed by atoms with van der Waals surface area (Å²) in [6.07, 6.45) is 2.61. The molecule has 0 saturated carbocycles. The van der Waals surface area contributed by atoms with Crippen LogP contribution in [0.1, 0.15) is 27.6 Å². The second kappa shape index (κ2) is 8.69. The average Bonchev–Trinajstić information content (AvgIpc) is 2.77. The van der Waals surface area contributed by atoms with Crippen LogP contribution in [-0.2, 0) is 9.47 Å². The number of pyridine rings is 1. The Hall–Kier alpha value is -3.81. The summed E-state index contributed by atoms with van der Waals surface area (Å²) >= 11 is 0. The zero-order chi connectivity index (χ0) is 21.8. The van der Waals surface area contributed by atoms with Gasteiger partial charge < -0.3 is 24.2 Å². The zero-order valence-corrected chi connectivity index (χ0v) is 17.1. The number of benzene rings is 2. The van der Waals surface area contributed by atoms with Crippen molar-refractivity contribution in [3.05, 3.63) is 59.1 Å². The minimum Gasteiger partial charge on any atom is -0.619 e. The van der Waals surface area contributed by atoms with Gasteiger partial charge in [-0.05, 0) is 41.5 Å². The van der Waals surface area contributed by atoms with Gasteiger partial charge in [-0.3, -0.25) is 0 Å². The molecule has 3 aromatic rings. The van der Waals surface area contributed by atoms with Gasteiger partial charge in [0.05, 0.1) is 39.1 Å². The molecule has 2 aromatic carbocycles. The van der Waals surface area contributed by atoms with Crippen LogP contribution in [0.15, 0.2) is 42.7 Å². The van der Waals surface area contributed by atoms with Crippen LogP contribution in [0, 0.1) is 5.21 Å². The third-order valence-electron chi connectivity index (χ3n) is 4.61. The van der Waals surface area contributed by atoms with Gasteiger partial charge >= 0.3 is 11.9 Å². The summed E-state index contributed by atoms with van der Waals surface area (Å²) in [5.41, 5.74) is 1.04. The fourth-order valence-electron chi connectivity index (χ4n) is 3.30. The molecule has 0 aliphatic carbocycles. The molecule has 0 fully saturated rings. The summed E-state index contributed by atoms with van der Waals surface area (Å²) in [7, 11) is 3.97. The molecule has 0 spiro atoms. The number of methoxy groups -OCH3 is 3. The van der Waals surface area contributed by atoms with Crippen molar-refractivity contribution in [3.8, 4) is 22.6 Å². The Morgan fingerprint density at radius 2 is 1.63 bits per heavy atom. The molecule has 30 heavy (non-hydrogen) atoms. The van der Waals surface area contributed by atoms with Crippen LogP contribution in [-0.4, -0.2) is 39.9 Å². The third-order valence-corrected chi connectivity index (χ3v) is 4.61. The van der Waals surface area contributed by atoms with Crippen molar-refractivity contribution in [2.24, 2.45) is 0 Å². The summed E-state index contributed by atoms with van der Waals surface area (Å²) < 4.78 is 21.6. The molecular weight excluding hydrogens is 390 g/mol. The molecule has 0 saturated heterocycles. The molecule has 1 aromatic heterocycles. The van der Waals surface area contributed by atoms with Gasteiger partial charge in [0.25, 0.3) is 0 Å². The Bertz CT molecular complexity index is 1110. The van der Waals surface area contributed by atoms with Crippen molar-refractivity contribution in [1.29, 1.82) is 0 Å². The van der Waals surface area contributed by atoms with E-state index in [1.54, 1.807) is 30.3 Å². The first-order valence-electron chi connectivity index (χ1n) is 9.12. The first kappa shape index (κ1) is 20.9. The predicted octanol–water partition coefficient (Wildman–Crippen LogP) is 3.12. The number of hydrogen-bond donors (Lipinski definition) is 0. The highest BCUT2D eigenvalue weighted by Gasteiger charge is 2.27. The quantitative estimate of drug-likeness (QED) is 0.349. The van der Waals surface area contributed by atoms with E-state index in [0.29, 0.717) is 44.7 Å². The number of carbonyl (C=O) groups is 2. The molecule has 0 bridgehead atoms. The van der Waals surface area contributed by atoms with Crippen molar-refractivity contribution in [2.45, 2.75) is 6.92 Å². The van der Waals surface area contributed by atoms with E-state index in [-0.39, 0.29) is 11.1 Å². The van der Waals surface area contributed by atoms with Crippen molar-refractivity contribution in [3.63, 3.8) is 0 Å². The Morgan fingerprint density at radius 1 is 0.967 bits per heavy atom. The SMILES string of the molecule is CCOc1cc2c(-c3cc[n+]([O-])cc3)c(C(=O)OC)c(C(=O)OC)cc2cc1OC. The van der Waals surface area contributed by atoms with E-state index in [4.69, 9.17) is 18.9 Å². The van der Waals surface area contributed by atoms with Gasteiger partial charge in [-0.2, -0.15) is 4.73 Å². The minimum atomic E-state index is -0.708. The lowest BCUT2D eigenvalue weighted by Crippen LogP contribution is -2.23. The molecule has 0 aliphatic heterocycles. The highest BCUT2D eigenvalue weighted by atomic mass is 16.5. The summed E-state index contributed by atoms with van der Waals surface area (Å²) in [6.45, 7) is 2.25. The predicted molar refractivity (Wildman–Crippen MR) is 109 cm³/mol. The summed E-state index contributed by atoms with van der Waals surface area (Å²) in [4.78, 5) is 25.3. The molecule has 0 aliphatic rings. The van der Waals surface area contributed by atoms with E-state index < -0.39 is 11.9 Å². The molecule has 0 atom stereocenters. The molecule has 0 N–H and O–H groups in total. The molecule has 1 heterocycles. The number of nitrogens with zero attached hydrogens (tertiary/aromatic N) is 1. The Morgan fingerprint density at radius 3 is 2.20 bits per heavy atom. The molecule has 0 radical (unpaired) electrons. The van der Waals surface area contributed by atoms with E-state index >= 15 is 0 Å². The van der Waals surface area contributed by atoms with Gasteiger partial charge in [0, 0.05) is 17.7 Å². The topological polar surface area (TPSA) is 98.0 Å². The molecular formula is C22H21NO7. The molecule has 0 amide bonds. The maximum absolute atomic E-state index is 12.7. The number of rotatable bonds is 6. The maximum Gasteiger partial charge on any atom is 0.339 e. The fraction of sp³-hybridized carbons (Fsp3) is 0.227. The van der Waals surface area contributed by atoms with Gasteiger partial charge in [-0.25, -0.2) is 9.59 Å². The third kappa shape index (κ3) is 3.71. The number of esters is 2. The monoisotopic (exact) mass is 411 g/mol. The van der Waals surface area contributed by atoms with Crippen LogP contribution in [0.3, 0.4) is 0 Å². The van der Waals surface area contributed by atoms with Crippen molar-refractivity contribution >= 4 is 22.7 Å². The van der Waals surface area contributed by atoms with E-state index in [9.17, 15) is 14.8 Å². The Balaban J connectivity index is 2.51. The van der Waals surface area contributed by atoms with Crippen molar-refractivity contribution < 1.29 is 33.3 Å². The minimum absolute atomic E-state index is 0.0353. The number of hydrogen-bond acceptors (Lipinski definition) is 7. The number of aromatic nitrogens is 1. The first-order valence-corrected chi connectivity index (χ1v) is 9.12. The largest absolute Gasteiger partial charge is 0.619 e. The molecule has 8 heteroatoms. The lowest BCUT2D eigenvalue weighted by atomic mass is 9.89. The zero-order valence-electron chi connectivity index (χ0n) is 17.1. The number of ether oxygens (including phenoxy) is 4. The van der Waals surface area contributed by atoms with Crippen LogP contribution >= 0.6 is 0 Å². The first-order chi connectivity index (χ1) is 14.4. The van der Waals surface area contributed by atoms with E-state index in [1.807, 2.05) is 6.92 Å². The second-order valence-electron chi connectivity index (χ2n) is 6.26. The second-order valence-corrected chi connectivity index (χ2v) is 6.26. The van der Waals surface area contributed by atoms with E-state index in [0.717, 1.165) is 0 Å². The van der Waals surface area contributed by atoms with Gasteiger partial charge in [0.2, 0.25) is 0 Å². The summed E-state index contributed by atoms with van der Waals surface area (Å²) in [5.74, 6) is -0.450. The normalized spacial score (nSPS) is 10.5. The molecule has 8 nitrogen and oxygen atoms in total. The molecule has 3 rings (SSSR count). The maximum atomic E-state index is 12.7. The van der Waals surface area contributed by atoms with Crippen LogP contribution in [0.25, 0.3) is 21.9 Å². The van der Waals surface area contributed by atoms with Gasteiger partial charge in [0.15, 0.2) is 23.9 Å². The van der Waals surface area contributed by atoms with Gasteiger partial charge in [-0.1, -0.05) is 0 Å². The molecule has 156 valence electrons. The van der Waals surface area contributed by atoms with Crippen LogP contribution in [0.2, 0.25) is 0 Å². The van der Waals surface area contributed by atoms with Crippen LogP contribution < -0.4 is 14.2 Å².